The van der Waals surface area contributed by atoms with E-state index in [1.807, 2.05) is 26.0 Å². The molecule has 1 aromatic rings. The minimum Gasteiger partial charge on any atom is -0.497 e. The molecule has 2 rings (SSSR count). The molecule has 0 aromatic heterocycles. The van der Waals surface area contributed by atoms with Gasteiger partial charge in [0.1, 0.15) is 5.75 Å². The largest absolute Gasteiger partial charge is 0.497 e. The molecule has 0 aliphatic carbocycles. The Morgan fingerprint density at radius 1 is 1.00 bits per heavy atom. The van der Waals surface area contributed by atoms with Crippen molar-refractivity contribution in [2.45, 2.75) is 74.3 Å². The zero-order valence-corrected chi connectivity index (χ0v) is 17.1. The summed E-state index contributed by atoms with van der Waals surface area (Å²) in [4.78, 5) is 1.81. The average molecular weight is 436 g/mol. The average Bonchev–Trinajstić information content (AvgIpc) is 2.80. The van der Waals surface area contributed by atoms with Gasteiger partial charge in [-0.25, -0.2) is 8.78 Å². The topological polar surface area (TPSA) is 12.5 Å². The number of hydrogen-bond acceptors (Lipinski definition) is 2. The van der Waals surface area contributed by atoms with Crippen molar-refractivity contribution in [2.75, 3.05) is 20.2 Å². The van der Waals surface area contributed by atoms with Gasteiger partial charge in [-0.15, -0.1) is 0 Å². The van der Waals surface area contributed by atoms with Crippen LogP contribution in [0.3, 0.4) is 0 Å². The molecule has 2 nitrogen and oxygen atoms in total. The number of hydrogen-bond donors (Lipinski definition) is 0. The number of rotatable bonds is 3. The van der Waals surface area contributed by atoms with Gasteiger partial charge in [-0.1, -0.05) is 48.3 Å². The fourth-order valence-electron chi connectivity index (χ4n) is 2.19. The molecule has 1 radical (unpaired) electrons. The van der Waals surface area contributed by atoms with Gasteiger partial charge in [0.25, 0.3) is 5.92 Å². The molecule has 1 aromatic carbocycles. The molecule has 0 unspecified atom stereocenters. The van der Waals surface area contributed by atoms with Gasteiger partial charge in [0.15, 0.2) is 0 Å². The molecule has 25 heavy (non-hydrogen) atoms. The molecule has 1 heterocycles. The van der Waals surface area contributed by atoms with E-state index in [1.165, 1.54) is 5.56 Å². The summed E-state index contributed by atoms with van der Waals surface area (Å²) < 4.78 is 30.1. The predicted octanol–water partition coefficient (Wildman–Crippen LogP) is 6.46. The van der Waals surface area contributed by atoms with E-state index in [0.717, 1.165) is 5.75 Å². The molecule has 1 saturated heterocycles. The van der Waals surface area contributed by atoms with Crippen LogP contribution < -0.4 is 4.74 Å². The van der Waals surface area contributed by atoms with Crippen LogP contribution in [0.15, 0.2) is 24.3 Å². The first-order valence-electron chi connectivity index (χ1n) is 7.51. The number of likely N-dealkylation sites (tertiary alicyclic amines) is 1. The summed E-state index contributed by atoms with van der Waals surface area (Å²) >= 11 is 0. The summed E-state index contributed by atoms with van der Waals surface area (Å²) in [6.45, 7) is 8.75. The van der Waals surface area contributed by atoms with Crippen molar-refractivity contribution >= 4 is 0 Å². The van der Waals surface area contributed by atoms with Crippen LogP contribution in [0.2, 0.25) is 0 Å². The van der Waals surface area contributed by atoms with E-state index in [4.69, 9.17) is 4.74 Å². The van der Waals surface area contributed by atoms with Crippen molar-refractivity contribution in [3.63, 3.8) is 0 Å². The van der Waals surface area contributed by atoms with Crippen LogP contribution in [0.25, 0.3) is 0 Å². The van der Waals surface area contributed by atoms with E-state index >= 15 is 0 Å². The third-order valence-corrected chi connectivity index (χ3v) is 3.71. The second kappa shape index (κ2) is 15.0. The quantitative estimate of drug-likeness (QED) is 0.539. The Balaban J connectivity index is -0.000000152. The first-order chi connectivity index (χ1) is 9.75. The maximum atomic E-state index is 12.5. The van der Waals surface area contributed by atoms with Gasteiger partial charge in [-0.05, 0) is 37.5 Å². The predicted molar refractivity (Wildman–Crippen MR) is 104 cm³/mol. The number of nitrogens with zero attached hydrogens (tertiary/aromatic N) is 1. The number of ether oxygens (including phenoxy) is 1. The molecule has 147 valence electrons. The summed E-state index contributed by atoms with van der Waals surface area (Å²) in [7, 11) is 1.68. The smallest absolute Gasteiger partial charge is 0.261 e. The molecule has 0 atom stereocenters. The molecule has 0 spiro atoms. The van der Waals surface area contributed by atoms with E-state index in [2.05, 4.69) is 26.0 Å². The number of halogens is 2. The van der Waals surface area contributed by atoms with Crippen LogP contribution in [0.4, 0.5) is 8.78 Å². The van der Waals surface area contributed by atoms with Gasteiger partial charge < -0.3 is 4.74 Å². The minimum atomic E-state index is -2.43. The van der Waals surface area contributed by atoms with Crippen molar-refractivity contribution in [3.05, 3.63) is 29.8 Å². The Morgan fingerprint density at radius 3 is 1.72 bits per heavy atom. The van der Waals surface area contributed by atoms with E-state index in [9.17, 15) is 8.78 Å². The summed E-state index contributed by atoms with van der Waals surface area (Å²) in [6.07, 6.45) is 0.0329. The molecular formula is C20H39F2NOY. The van der Waals surface area contributed by atoms with Crippen LogP contribution in [0.1, 0.15) is 67.9 Å². The second-order valence-electron chi connectivity index (χ2n) is 6.10. The zero-order valence-electron chi connectivity index (χ0n) is 14.3. The van der Waals surface area contributed by atoms with Gasteiger partial charge in [-0.3, -0.25) is 4.90 Å². The number of alkyl halides is 2. The summed E-state index contributed by atoms with van der Waals surface area (Å²) in [5.41, 5.74) is 1.35. The molecule has 1 fully saturated rings. The SMILES string of the molecule is C.C.C.CC(C)N1CCC(F)(F)C1.COc1ccc(C(C)C)cc1.[Y]. The monoisotopic (exact) mass is 436 g/mol. The van der Waals surface area contributed by atoms with E-state index in [1.54, 1.807) is 12.0 Å². The normalized spacial score (nSPS) is 14.9. The Bertz CT molecular complexity index is 422. The Labute approximate surface area is 180 Å². The van der Waals surface area contributed by atoms with E-state index < -0.39 is 5.92 Å². The Morgan fingerprint density at radius 2 is 1.48 bits per heavy atom. The second-order valence-corrected chi connectivity index (χ2v) is 6.10. The number of benzene rings is 1. The van der Waals surface area contributed by atoms with Crippen LogP contribution in [0, 0.1) is 0 Å². The van der Waals surface area contributed by atoms with Gasteiger partial charge >= 0.3 is 0 Å². The molecule has 1 aliphatic rings. The molecular weight excluding hydrogens is 397 g/mol. The first-order valence-corrected chi connectivity index (χ1v) is 7.51. The van der Waals surface area contributed by atoms with Crippen LogP contribution in [-0.4, -0.2) is 37.1 Å². The maximum Gasteiger partial charge on any atom is 0.261 e. The molecule has 0 amide bonds. The molecule has 5 heteroatoms. The van der Waals surface area contributed by atoms with Crippen LogP contribution in [-0.2, 0) is 32.7 Å². The van der Waals surface area contributed by atoms with Gasteiger partial charge in [-0.2, -0.15) is 0 Å². The molecule has 0 saturated carbocycles. The number of methoxy groups -OCH3 is 1. The molecule has 0 bridgehead atoms. The summed E-state index contributed by atoms with van der Waals surface area (Å²) in [5, 5.41) is 0. The fourth-order valence-corrected chi connectivity index (χ4v) is 2.19. The maximum absolute atomic E-state index is 12.5. The third-order valence-electron chi connectivity index (χ3n) is 3.71. The standard InChI is InChI=1S/C10H14O.C7H13F2N.3CH4.Y/c1-8(2)9-4-6-10(11-3)7-5-9;1-6(2)10-4-3-7(8,9)5-10;;;;/h4-8H,1-3H3;6H,3-5H2,1-2H3;3*1H4;. The van der Waals surface area contributed by atoms with Crippen molar-refractivity contribution in [1.29, 1.82) is 0 Å². The van der Waals surface area contributed by atoms with Crippen LogP contribution >= 0.6 is 0 Å². The third kappa shape index (κ3) is 12.0. The van der Waals surface area contributed by atoms with E-state index in [0.29, 0.717) is 12.5 Å². The van der Waals surface area contributed by atoms with Gasteiger partial charge in [0, 0.05) is 51.7 Å². The van der Waals surface area contributed by atoms with Gasteiger partial charge in [0.2, 0.25) is 0 Å². The molecule has 0 N–H and O–H groups in total. The first kappa shape index (κ1) is 32.6. The van der Waals surface area contributed by atoms with Crippen molar-refractivity contribution in [2.24, 2.45) is 0 Å². The minimum absolute atomic E-state index is 0. The van der Waals surface area contributed by atoms with Crippen molar-refractivity contribution in [1.82, 2.24) is 4.90 Å². The van der Waals surface area contributed by atoms with Crippen LogP contribution in [0.5, 0.6) is 5.75 Å². The summed E-state index contributed by atoms with van der Waals surface area (Å²) in [5.74, 6) is -0.903. The molecule has 1 aliphatic heterocycles. The Hall–Kier alpha value is -0.0561. The fraction of sp³-hybridized carbons (Fsp3) is 0.700. The van der Waals surface area contributed by atoms with Crippen molar-refractivity contribution in [3.8, 4) is 5.75 Å². The van der Waals surface area contributed by atoms with Crippen molar-refractivity contribution < 1.29 is 46.2 Å². The van der Waals surface area contributed by atoms with Gasteiger partial charge in [0.05, 0.1) is 13.7 Å². The zero-order chi connectivity index (χ0) is 16.0. The van der Waals surface area contributed by atoms with E-state index in [-0.39, 0.29) is 74.0 Å². The summed E-state index contributed by atoms with van der Waals surface area (Å²) in [6, 6.07) is 8.45. The Kier molecular flexibility index (Phi) is 19.6.